The molecular weight excluding hydrogens is 435 g/mol. The van der Waals surface area contributed by atoms with Crippen molar-refractivity contribution in [1.82, 2.24) is 19.7 Å². The van der Waals surface area contributed by atoms with Crippen molar-refractivity contribution in [2.24, 2.45) is 0 Å². The van der Waals surface area contributed by atoms with Gasteiger partial charge in [0.15, 0.2) is 0 Å². The number of hydrogen-bond acceptors (Lipinski definition) is 6. The number of halogens is 2. The van der Waals surface area contributed by atoms with E-state index < -0.39 is 0 Å². The first-order valence-corrected chi connectivity index (χ1v) is 11.0. The van der Waals surface area contributed by atoms with Gasteiger partial charge in [0.05, 0.1) is 17.6 Å². The average molecular weight is 459 g/mol. The van der Waals surface area contributed by atoms with E-state index in [0.29, 0.717) is 29.5 Å². The van der Waals surface area contributed by atoms with Gasteiger partial charge in [0.25, 0.3) is 5.56 Å². The summed E-state index contributed by atoms with van der Waals surface area (Å²) in [6.45, 7) is 9.15. The van der Waals surface area contributed by atoms with E-state index in [9.17, 15) is 4.79 Å². The average Bonchev–Trinajstić information content (AvgIpc) is 2.76. The molecule has 7 nitrogen and oxygen atoms in total. The Morgan fingerprint density at radius 1 is 0.968 bits per heavy atom. The van der Waals surface area contributed by atoms with Crippen molar-refractivity contribution >= 4 is 34.7 Å². The van der Waals surface area contributed by atoms with E-state index in [4.69, 9.17) is 28.2 Å². The molecule has 3 aromatic rings. The molecule has 0 N–H and O–H groups in total. The summed E-state index contributed by atoms with van der Waals surface area (Å²) < 4.78 is 1.29. The molecule has 0 saturated carbocycles. The summed E-state index contributed by atoms with van der Waals surface area (Å²) in [5.41, 5.74) is 1.89. The van der Waals surface area contributed by atoms with Crippen LogP contribution < -0.4 is 15.4 Å². The Bertz CT molecular complexity index is 1140. The van der Waals surface area contributed by atoms with E-state index in [-0.39, 0.29) is 16.5 Å². The highest BCUT2D eigenvalue weighted by atomic mass is 35.5. The fraction of sp³-hybridized carbons (Fsp3) is 0.364. The molecule has 2 aromatic heterocycles. The van der Waals surface area contributed by atoms with Crippen molar-refractivity contribution in [3.05, 3.63) is 68.4 Å². The standard InChI is InChI=1S/C22H24Cl2N6O/c1-14(2)21-26-15(3)12-19(27-21)29-10-8-28(9-11-29)18-13-25-30(22(31)20(18)24)17-6-4-16(23)5-7-17/h4-7,12-14H,8-11H2,1-3H3. The highest BCUT2D eigenvalue weighted by Crippen LogP contribution is 2.25. The summed E-state index contributed by atoms with van der Waals surface area (Å²) in [5, 5.41) is 5.09. The molecule has 1 aliphatic heterocycles. The van der Waals surface area contributed by atoms with Crippen molar-refractivity contribution in [1.29, 1.82) is 0 Å². The largest absolute Gasteiger partial charge is 0.365 e. The van der Waals surface area contributed by atoms with Gasteiger partial charge in [0.1, 0.15) is 16.7 Å². The van der Waals surface area contributed by atoms with Gasteiger partial charge in [-0.25, -0.2) is 9.97 Å². The maximum Gasteiger partial charge on any atom is 0.292 e. The lowest BCUT2D eigenvalue weighted by Gasteiger charge is -2.37. The topological polar surface area (TPSA) is 67.2 Å². The van der Waals surface area contributed by atoms with E-state index in [1.54, 1.807) is 30.5 Å². The van der Waals surface area contributed by atoms with Crippen molar-refractivity contribution in [3.63, 3.8) is 0 Å². The van der Waals surface area contributed by atoms with Crippen LogP contribution in [0.3, 0.4) is 0 Å². The van der Waals surface area contributed by atoms with Gasteiger partial charge >= 0.3 is 0 Å². The molecule has 4 rings (SSSR count). The second-order valence-electron chi connectivity index (χ2n) is 7.89. The van der Waals surface area contributed by atoms with Gasteiger partial charge < -0.3 is 9.80 Å². The number of rotatable bonds is 4. The molecule has 0 radical (unpaired) electrons. The van der Waals surface area contributed by atoms with Gasteiger partial charge in [-0.05, 0) is 31.2 Å². The molecule has 0 bridgehead atoms. The number of piperazine rings is 1. The summed E-state index contributed by atoms with van der Waals surface area (Å²) >= 11 is 12.4. The molecule has 3 heterocycles. The van der Waals surface area contributed by atoms with Crippen LogP contribution in [0.15, 0.2) is 41.3 Å². The van der Waals surface area contributed by atoms with E-state index in [2.05, 4.69) is 33.7 Å². The fourth-order valence-corrected chi connectivity index (χ4v) is 3.96. The Kier molecular flexibility index (Phi) is 6.16. The fourth-order valence-electron chi connectivity index (χ4n) is 3.58. The van der Waals surface area contributed by atoms with Crippen molar-refractivity contribution in [3.8, 4) is 5.69 Å². The van der Waals surface area contributed by atoms with Crippen LogP contribution in [0.2, 0.25) is 10.0 Å². The van der Waals surface area contributed by atoms with Gasteiger partial charge in [-0.15, -0.1) is 0 Å². The molecule has 9 heteroatoms. The Labute approximate surface area is 191 Å². The zero-order chi connectivity index (χ0) is 22.1. The maximum atomic E-state index is 12.8. The summed E-state index contributed by atoms with van der Waals surface area (Å²) in [7, 11) is 0. The van der Waals surface area contributed by atoms with Crippen LogP contribution in [0.1, 0.15) is 31.3 Å². The van der Waals surface area contributed by atoms with E-state index >= 15 is 0 Å². The van der Waals surface area contributed by atoms with Crippen LogP contribution in [0.5, 0.6) is 0 Å². The summed E-state index contributed by atoms with van der Waals surface area (Å²) in [6.07, 6.45) is 1.65. The molecule has 0 amide bonds. The first-order valence-electron chi connectivity index (χ1n) is 10.2. The molecule has 162 valence electrons. The maximum absolute atomic E-state index is 12.8. The van der Waals surface area contributed by atoms with Crippen LogP contribution in [0.4, 0.5) is 11.5 Å². The van der Waals surface area contributed by atoms with Crippen LogP contribution in [0.25, 0.3) is 5.69 Å². The van der Waals surface area contributed by atoms with Crippen LogP contribution in [0, 0.1) is 6.92 Å². The first-order chi connectivity index (χ1) is 14.8. The van der Waals surface area contributed by atoms with Crippen molar-refractivity contribution in [2.75, 3.05) is 36.0 Å². The number of hydrogen-bond donors (Lipinski definition) is 0. The Hall–Kier alpha value is -2.64. The molecule has 1 aliphatic rings. The second kappa shape index (κ2) is 8.85. The Balaban J connectivity index is 1.52. The van der Waals surface area contributed by atoms with Crippen molar-refractivity contribution < 1.29 is 0 Å². The number of aromatic nitrogens is 4. The second-order valence-corrected chi connectivity index (χ2v) is 8.71. The molecule has 31 heavy (non-hydrogen) atoms. The predicted molar refractivity (Wildman–Crippen MR) is 125 cm³/mol. The molecule has 1 aromatic carbocycles. The molecule has 0 aliphatic carbocycles. The lowest BCUT2D eigenvalue weighted by molar-refractivity contribution is 0.637. The molecule has 0 spiro atoms. The number of anilines is 2. The highest BCUT2D eigenvalue weighted by molar-refractivity contribution is 6.33. The van der Waals surface area contributed by atoms with Crippen LogP contribution >= 0.6 is 23.2 Å². The quantitative estimate of drug-likeness (QED) is 0.586. The van der Waals surface area contributed by atoms with E-state index in [1.807, 2.05) is 13.0 Å². The number of benzene rings is 1. The van der Waals surface area contributed by atoms with Crippen LogP contribution in [-0.2, 0) is 0 Å². The van der Waals surface area contributed by atoms with Gasteiger partial charge in [-0.2, -0.15) is 9.78 Å². The molecule has 1 saturated heterocycles. The Morgan fingerprint density at radius 2 is 1.61 bits per heavy atom. The zero-order valence-corrected chi connectivity index (χ0v) is 19.2. The number of aryl methyl sites for hydroxylation is 1. The number of nitrogens with zero attached hydrogens (tertiary/aromatic N) is 6. The predicted octanol–water partition coefficient (Wildman–Crippen LogP) is 4.09. The third-order valence-corrected chi connectivity index (χ3v) is 5.90. The molecule has 1 fully saturated rings. The minimum absolute atomic E-state index is 0.165. The lowest BCUT2D eigenvalue weighted by Crippen LogP contribution is -2.47. The monoisotopic (exact) mass is 458 g/mol. The molecule has 0 atom stereocenters. The Morgan fingerprint density at radius 3 is 2.26 bits per heavy atom. The highest BCUT2D eigenvalue weighted by Gasteiger charge is 2.23. The first kappa shape index (κ1) is 21.6. The van der Waals surface area contributed by atoms with E-state index in [1.165, 1.54) is 4.68 Å². The summed E-state index contributed by atoms with van der Waals surface area (Å²) in [4.78, 5) is 26.4. The third-order valence-electron chi connectivity index (χ3n) is 5.29. The smallest absolute Gasteiger partial charge is 0.292 e. The zero-order valence-electron chi connectivity index (χ0n) is 17.7. The minimum atomic E-state index is -0.350. The summed E-state index contributed by atoms with van der Waals surface area (Å²) in [6, 6.07) is 8.92. The molecule has 0 unspecified atom stereocenters. The summed E-state index contributed by atoms with van der Waals surface area (Å²) in [5.74, 6) is 2.07. The molecular formula is C22H24Cl2N6O. The van der Waals surface area contributed by atoms with Gasteiger partial charge in [-0.3, -0.25) is 4.79 Å². The van der Waals surface area contributed by atoms with Crippen LogP contribution in [-0.4, -0.2) is 45.9 Å². The SMILES string of the molecule is Cc1cc(N2CCN(c3cnn(-c4ccc(Cl)cc4)c(=O)c3Cl)CC2)nc(C(C)C)n1. The van der Waals surface area contributed by atoms with E-state index in [0.717, 1.165) is 30.4 Å². The van der Waals surface area contributed by atoms with Gasteiger partial charge in [0, 0.05) is 48.9 Å². The van der Waals surface area contributed by atoms with Crippen molar-refractivity contribution in [2.45, 2.75) is 26.7 Å². The van der Waals surface area contributed by atoms with Gasteiger partial charge in [-0.1, -0.05) is 37.0 Å². The van der Waals surface area contributed by atoms with Gasteiger partial charge in [0.2, 0.25) is 0 Å². The normalized spacial score (nSPS) is 14.4. The third kappa shape index (κ3) is 4.52. The lowest BCUT2D eigenvalue weighted by atomic mass is 10.2. The minimum Gasteiger partial charge on any atom is -0.365 e.